The lowest BCUT2D eigenvalue weighted by molar-refractivity contribution is 0.174. The molecule has 4 nitrogen and oxygen atoms in total. The Labute approximate surface area is 114 Å². The van der Waals surface area contributed by atoms with E-state index in [9.17, 15) is 9.90 Å². The maximum absolute atomic E-state index is 11.9. The second-order valence-corrected chi connectivity index (χ2v) is 5.32. The molecule has 1 heterocycles. The summed E-state index contributed by atoms with van der Waals surface area (Å²) in [5.74, 6) is 1.00. The van der Waals surface area contributed by atoms with Gasteiger partial charge in [0, 0.05) is 19.6 Å². The van der Waals surface area contributed by atoms with Gasteiger partial charge in [0.1, 0.15) is 5.75 Å². The van der Waals surface area contributed by atoms with Crippen molar-refractivity contribution in [2.75, 3.05) is 19.6 Å². The van der Waals surface area contributed by atoms with Crippen LogP contribution in [0, 0.1) is 5.92 Å². The van der Waals surface area contributed by atoms with Gasteiger partial charge in [-0.3, -0.25) is 0 Å². The van der Waals surface area contributed by atoms with Crippen LogP contribution in [0.25, 0.3) is 0 Å². The average Bonchev–Trinajstić information content (AvgIpc) is 2.39. The van der Waals surface area contributed by atoms with Gasteiger partial charge < -0.3 is 15.3 Å². The van der Waals surface area contributed by atoms with Gasteiger partial charge in [0.15, 0.2) is 0 Å². The van der Waals surface area contributed by atoms with Crippen molar-refractivity contribution in [1.29, 1.82) is 0 Å². The lowest BCUT2D eigenvalue weighted by Crippen LogP contribution is -2.44. The molecule has 0 aromatic heterocycles. The van der Waals surface area contributed by atoms with Gasteiger partial charge in [-0.25, -0.2) is 4.79 Å². The molecule has 0 bridgehead atoms. The van der Waals surface area contributed by atoms with Crippen molar-refractivity contribution in [3.8, 4) is 5.75 Å². The topological polar surface area (TPSA) is 52.6 Å². The molecule has 2 rings (SSSR count). The molecule has 1 aromatic rings. The quantitative estimate of drug-likeness (QED) is 0.878. The number of urea groups is 1. The standard InChI is InChI=1S/C15H22N2O2/c1-12-6-9-17(10-7-12)15(19)16-8-5-13-3-2-4-14(18)11-13/h2-4,11-12,18H,5-10H2,1H3,(H,16,19). The molecule has 1 aliphatic rings. The van der Waals surface area contributed by atoms with Crippen LogP contribution in [0.2, 0.25) is 0 Å². The fraction of sp³-hybridized carbons (Fsp3) is 0.533. The van der Waals surface area contributed by atoms with Crippen LogP contribution in [-0.4, -0.2) is 35.7 Å². The molecule has 1 aromatic carbocycles. The zero-order valence-electron chi connectivity index (χ0n) is 11.4. The van der Waals surface area contributed by atoms with Crippen molar-refractivity contribution >= 4 is 6.03 Å². The van der Waals surface area contributed by atoms with E-state index in [1.54, 1.807) is 12.1 Å². The Balaban J connectivity index is 1.72. The fourth-order valence-corrected chi connectivity index (χ4v) is 2.35. The van der Waals surface area contributed by atoms with E-state index in [0.717, 1.165) is 43.8 Å². The minimum Gasteiger partial charge on any atom is -0.508 e. The molecular weight excluding hydrogens is 240 g/mol. The molecule has 4 heteroatoms. The number of likely N-dealkylation sites (tertiary alicyclic amines) is 1. The molecule has 104 valence electrons. The van der Waals surface area contributed by atoms with Crippen LogP contribution < -0.4 is 5.32 Å². The average molecular weight is 262 g/mol. The number of hydrogen-bond donors (Lipinski definition) is 2. The Morgan fingerprint density at radius 3 is 2.84 bits per heavy atom. The number of nitrogens with one attached hydrogen (secondary N) is 1. The summed E-state index contributed by atoms with van der Waals surface area (Å²) in [5.41, 5.74) is 1.03. The lowest BCUT2D eigenvalue weighted by Gasteiger charge is -2.30. The minimum absolute atomic E-state index is 0.0343. The van der Waals surface area contributed by atoms with Crippen LogP contribution in [0.3, 0.4) is 0 Å². The molecule has 1 aliphatic heterocycles. The third-order valence-corrected chi connectivity index (χ3v) is 3.67. The zero-order chi connectivity index (χ0) is 13.7. The van der Waals surface area contributed by atoms with Crippen LogP contribution in [0.4, 0.5) is 4.79 Å². The van der Waals surface area contributed by atoms with E-state index in [2.05, 4.69) is 12.2 Å². The Bertz CT molecular complexity index is 426. The van der Waals surface area contributed by atoms with E-state index >= 15 is 0 Å². The highest BCUT2D eigenvalue weighted by molar-refractivity contribution is 5.74. The first kappa shape index (κ1) is 13.7. The van der Waals surface area contributed by atoms with Crippen molar-refractivity contribution in [2.24, 2.45) is 5.92 Å². The fourth-order valence-electron chi connectivity index (χ4n) is 2.35. The highest BCUT2D eigenvalue weighted by Crippen LogP contribution is 2.15. The van der Waals surface area contributed by atoms with Gasteiger partial charge in [0.2, 0.25) is 0 Å². The lowest BCUT2D eigenvalue weighted by atomic mass is 10.00. The van der Waals surface area contributed by atoms with E-state index in [-0.39, 0.29) is 11.8 Å². The summed E-state index contributed by atoms with van der Waals surface area (Å²) in [6.45, 7) is 4.56. The van der Waals surface area contributed by atoms with Crippen molar-refractivity contribution in [1.82, 2.24) is 10.2 Å². The first-order valence-corrected chi connectivity index (χ1v) is 6.96. The van der Waals surface area contributed by atoms with Crippen molar-refractivity contribution in [3.63, 3.8) is 0 Å². The molecule has 1 fully saturated rings. The molecule has 0 spiro atoms. The Morgan fingerprint density at radius 1 is 1.42 bits per heavy atom. The molecule has 19 heavy (non-hydrogen) atoms. The molecule has 0 unspecified atom stereocenters. The number of hydrogen-bond acceptors (Lipinski definition) is 2. The number of aromatic hydroxyl groups is 1. The van der Waals surface area contributed by atoms with Crippen LogP contribution >= 0.6 is 0 Å². The number of amides is 2. The summed E-state index contributed by atoms with van der Waals surface area (Å²) >= 11 is 0. The van der Waals surface area contributed by atoms with E-state index in [4.69, 9.17) is 0 Å². The van der Waals surface area contributed by atoms with Crippen molar-refractivity contribution < 1.29 is 9.90 Å². The summed E-state index contributed by atoms with van der Waals surface area (Å²) in [6.07, 6.45) is 2.93. The molecular formula is C15H22N2O2. The third kappa shape index (κ3) is 4.16. The van der Waals surface area contributed by atoms with Gasteiger partial charge >= 0.3 is 6.03 Å². The molecule has 0 saturated carbocycles. The van der Waals surface area contributed by atoms with Gasteiger partial charge in [-0.15, -0.1) is 0 Å². The maximum atomic E-state index is 11.9. The van der Waals surface area contributed by atoms with Crippen LogP contribution in [0.5, 0.6) is 5.75 Å². The summed E-state index contributed by atoms with van der Waals surface area (Å²) in [7, 11) is 0. The predicted molar refractivity (Wildman–Crippen MR) is 75.2 cm³/mol. The molecule has 2 N–H and O–H groups in total. The molecule has 2 amide bonds. The van der Waals surface area contributed by atoms with E-state index in [1.807, 2.05) is 17.0 Å². The second kappa shape index (κ2) is 6.45. The Morgan fingerprint density at radius 2 is 2.16 bits per heavy atom. The normalized spacial score (nSPS) is 16.4. The van der Waals surface area contributed by atoms with Gasteiger partial charge in [-0.05, 0) is 42.9 Å². The van der Waals surface area contributed by atoms with Gasteiger partial charge in [0.25, 0.3) is 0 Å². The van der Waals surface area contributed by atoms with E-state index in [1.165, 1.54) is 0 Å². The summed E-state index contributed by atoms with van der Waals surface area (Å²) in [5, 5.41) is 12.3. The van der Waals surface area contributed by atoms with Crippen LogP contribution in [0.15, 0.2) is 24.3 Å². The largest absolute Gasteiger partial charge is 0.508 e. The number of piperidine rings is 1. The number of rotatable bonds is 3. The minimum atomic E-state index is 0.0343. The van der Waals surface area contributed by atoms with Crippen LogP contribution in [-0.2, 0) is 6.42 Å². The number of phenolic OH excluding ortho intramolecular Hbond substituents is 1. The highest BCUT2D eigenvalue weighted by Gasteiger charge is 2.19. The molecule has 0 radical (unpaired) electrons. The maximum Gasteiger partial charge on any atom is 0.317 e. The third-order valence-electron chi connectivity index (χ3n) is 3.67. The summed E-state index contributed by atoms with van der Waals surface area (Å²) < 4.78 is 0. The highest BCUT2D eigenvalue weighted by atomic mass is 16.3. The molecule has 0 aliphatic carbocycles. The van der Waals surface area contributed by atoms with Crippen molar-refractivity contribution in [2.45, 2.75) is 26.2 Å². The van der Waals surface area contributed by atoms with E-state index < -0.39 is 0 Å². The SMILES string of the molecule is CC1CCN(C(=O)NCCc2cccc(O)c2)CC1. The Hall–Kier alpha value is -1.71. The predicted octanol–water partition coefficient (Wildman–Crippen LogP) is 2.38. The first-order chi connectivity index (χ1) is 9.15. The van der Waals surface area contributed by atoms with Crippen molar-refractivity contribution in [3.05, 3.63) is 29.8 Å². The van der Waals surface area contributed by atoms with Gasteiger partial charge in [0.05, 0.1) is 0 Å². The van der Waals surface area contributed by atoms with E-state index in [0.29, 0.717) is 6.54 Å². The second-order valence-electron chi connectivity index (χ2n) is 5.32. The van der Waals surface area contributed by atoms with Crippen LogP contribution in [0.1, 0.15) is 25.3 Å². The zero-order valence-corrected chi connectivity index (χ0v) is 11.4. The number of benzene rings is 1. The first-order valence-electron chi connectivity index (χ1n) is 6.96. The number of carbonyl (C=O) groups excluding carboxylic acids is 1. The number of phenols is 1. The van der Waals surface area contributed by atoms with Gasteiger partial charge in [-0.2, -0.15) is 0 Å². The monoisotopic (exact) mass is 262 g/mol. The Kier molecular flexibility index (Phi) is 4.66. The number of nitrogens with zero attached hydrogens (tertiary/aromatic N) is 1. The summed E-state index contributed by atoms with van der Waals surface area (Å²) in [4.78, 5) is 13.8. The molecule has 1 saturated heterocycles. The van der Waals surface area contributed by atoms with Gasteiger partial charge in [-0.1, -0.05) is 19.1 Å². The smallest absolute Gasteiger partial charge is 0.317 e. The number of carbonyl (C=O) groups is 1. The summed E-state index contributed by atoms with van der Waals surface area (Å²) in [6, 6.07) is 7.19. The molecule has 0 atom stereocenters.